The summed E-state index contributed by atoms with van der Waals surface area (Å²) in [7, 11) is 9.36. The molecule has 8 unspecified atom stereocenters. The van der Waals surface area contributed by atoms with Gasteiger partial charge in [-0.15, -0.1) is 0 Å². The Hall–Kier alpha value is -1.22. The third kappa shape index (κ3) is 5.81. The first kappa shape index (κ1) is 31.7. The van der Waals surface area contributed by atoms with Gasteiger partial charge in [-0.3, -0.25) is 19.4 Å². The molecule has 8 nitrogen and oxygen atoms in total. The molecular formula is C35H62N4O4+2. The van der Waals surface area contributed by atoms with Crippen LogP contribution in [0.3, 0.4) is 0 Å². The average molecular weight is 603 g/mol. The molecule has 43 heavy (non-hydrogen) atoms. The van der Waals surface area contributed by atoms with Crippen LogP contribution < -0.4 is 0 Å². The number of ether oxygens (including phenoxy) is 2. The van der Waals surface area contributed by atoms with Crippen molar-refractivity contribution in [3.05, 3.63) is 0 Å². The summed E-state index contributed by atoms with van der Waals surface area (Å²) in [5, 5.41) is 0. The van der Waals surface area contributed by atoms with Gasteiger partial charge in [0.1, 0.15) is 12.2 Å². The maximum atomic E-state index is 12.5. The number of rotatable bonds is 4. The van der Waals surface area contributed by atoms with E-state index in [2.05, 4.69) is 51.8 Å². The van der Waals surface area contributed by atoms with Crippen LogP contribution in [0.2, 0.25) is 0 Å². The summed E-state index contributed by atoms with van der Waals surface area (Å²) in [5.41, 5.74) is 0.308. The number of carbonyl (C=O) groups is 2. The van der Waals surface area contributed by atoms with Gasteiger partial charge < -0.3 is 18.4 Å². The Labute approximate surface area is 261 Å². The van der Waals surface area contributed by atoms with Crippen molar-refractivity contribution in [1.82, 2.24) is 9.80 Å². The van der Waals surface area contributed by atoms with Crippen molar-refractivity contribution in [3.63, 3.8) is 0 Å². The lowest BCUT2D eigenvalue weighted by Gasteiger charge is -2.62. The van der Waals surface area contributed by atoms with Crippen LogP contribution in [-0.4, -0.2) is 136 Å². The quantitative estimate of drug-likeness (QED) is 0.362. The minimum Gasteiger partial charge on any atom is -0.461 e. The highest BCUT2D eigenvalue weighted by Gasteiger charge is 2.65. The van der Waals surface area contributed by atoms with E-state index >= 15 is 0 Å². The molecule has 10 atom stereocenters. The second kappa shape index (κ2) is 11.2. The first-order valence-electron chi connectivity index (χ1n) is 17.6. The second-order valence-electron chi connectivity index (χ2n) is 17.5. The predicted octanol–water partition coefficient (Wildman–Crippen LogP) is 3.63. The highest BCUT2D eigenvalue weighted by atomic mass is 16.5. The summed E-state index contributed by atoms with van der Waals surface area (Å²) in [6.45, 7) is 17.3. The molecule has 0 amide bonds. The van der Waals surface area contributed by atoms with Gasteiger partial charge in [-0.05, 0) is 74.0 Å². The Morgan fingerprint density at radius 2 is 1.26 bits per heavy atom. The van der Waals surface area contributed by atoms with Gasteiger partial charge in [0.15, 0.2) is 0 Å². The van der Waals surface area contributed by atoms with Crippen LogP contribution in [0, 0.1) is 34.5 Å². The number of carbonyl (C=O) groups excluding carboxylic acids is 2. The first-order valence-corrected chi connectivity index (χ1v) is 17.6. The van der Waals surface area contributed by atoms with Crippen molar-refractivity contribution in [3.8, 4) is 0 Å². The average Bonchev–Trinajstić information content (AvgIpc) is 3.20. The molecule has 2 heterocycles. The molecule has 6 aliphatic rings. The van der Waals surface area contributed by atoms with Gasteiger partial charge in [-0.2, -0.15) is 0 Å². The van der Waals surface area contributed by atoms with Crippen LogP contribution in [0.1, 0.15) is 72.6 Å². The summed E-state index contributed by atoms with van der Waals surface area (Å²) in [4.78, 5) is 30.2. The van der Waals surface area contributed by atoms with Crippen molar-refractivity contribution >= 4 is 11.9 Å². The molecule has 0 aromatic carbocycles. The van der Waals surface area contributed by atoms with Gasteiger partial charge in [0.2, 0.25) is 0 Å². The summed E-state index contributed by atoms with van der Waals surface area (Å²) < 4.78 is 14.6. The normalized spacial score (nSPS) is 46.2. The lowest BCUT2D eigenvalue weighted by atomic mass is 9.44. The number of quaternary nitrogens is 2. The maximum Gasteiger partial charge on any atom is 0.302 e. The molecule has 244 valence electrons. The van der Waals surface area contributed by atoms with Crippen LogP contribution >= 0.6 is 0 Å². The van der Waals surface area contributed by atoms with Gasteiger partial charge in [0.25, 0.3) is 0 Å². The fourth-order valence-corrected chi connectivity index (χ4v) is 11.4. The summed E-state index contributed by atoms with van der Waals surface area (Å²) in [6, 6.07) is 0.656. The Balaban J connectivity index is 1.26. The SMILES string of the molecule is CC(=O)OC1CC2CCC3C(CC[C@@]4(C)C3CC(N3CC[N+](C)(C)CC3)C4OC(C)=O)[C@@]2(C)CC1N1CC[N+](C)(C)CC1. The summed E-state index contributed by atoms with van der Waals surface area (Å²) in [5.74, 6) is 2.35. The van der Waals surface area contributed by atoms with Crippen molar-refractivity contribution < 1.29 is 28.0 Å². The lowest BCUT2D eigenvalue weighted by molar-refractivity contribution is -0.894. The molecule has 0 aromatic heterocycles. The van der Waals surface area contributed by atoms with Crippen LogP contribution in [-0.2, 0) is 19.1 Å². The summed E-state index contributed by atoms with van der Waals surface area (Å²) in [6.07, 6.45) is 8.22. The third-order valence-corrected chi connectivity index (χ3v) is 14.1. The smallest absolute Gasteiger partial charge is 0.302 e. The van der Waals surface area contributed by atoms with Crippen molar-refractivity contribution in [2.75, 3.05) is 80.5 Å². The van der Waals surface area contributed by atoms with Crippen LogP contribution in [0.15, 0.2) is 0 Å². The first-order chi connectivity index (χ1) is 20.1. The third-order valence-electron chi connectivity index (χ3n) is 14.1. The Morgan fingerprint density at radius 1 is 0.698 bits per heavy atom. The maximum absolute atomic E-state index is 12.5. The highest BCUT2D eigenvalue weighted by molar-refractivity contribution is 5.66. The van der Waals surface area contributed by atoms with Gasteiger partial charge >= 0.3 is 11.9 Å². The summed E-state index contributed by atoms with van der Waals surface area (Å²) >= 11 is 0. The molecule has 0 spiro atoms. The molecule has 0 aromatic rings. The fraction of sp³-hybridized carbons (Fsp3) is 0.943. The molecule has 4 saturated carbocycles. The van der Waals surface area contributed by atoms with E-state index in [-0.39, 0.29) is 35.0 Å². The molecule has 2 saturated heterocycles. The number of likely N-dealkylation sites (N-methyl/N-ethyl adjacent to an activating group) is 2. The van der Waals surface area contributed by atoms with E-state index in [0.29, 0.717) is 35.8 Å². The van der Waals surface area contributed by atoms with Crippen LogP contribution in [0.5, 0.6) is 0 Å². The molecular weight excluding hydrogens is 540 g/mol. The number of hydrogen-bond donors (Lipinski definition) is 0. The highest BCUT2D eigenvalue weighted by Crippen LogP contribution is 2.67. The molecule has 0 bridgehead atoms. The Kier molecular flexibility index (Phi) is 8.30. The number of nitrogens with zero attached hydrogens (tertiary/aromatic N) is 4. The molecule has 6 rings (SSSR count). The molecule has 4 aliphatic carbocycles. The van der Waals surface area contributed by atoms with Gasteiger partial charge in [0.05, 0.1) is 54.4 Å². The van der Waals surface area contributed by atoms with Crippen molar-refractivity contribution in [2.45, 2.75) is 96.9 Å². The van der Waals surface area contributed by atoms with Crippen molar-refractivity contribution in [2.24, 2.45) is 34.5 Å². The largest absolute Gasteiger partial charge is 0.461 e. The Bertz CT molecular complexity index is 1060. The molecule has 2 aliphatic heterocycles. The zero-order chi connectivity index (χ0) is 30.9. The molecule has 0 radical (unpaired) electrons. The number of esters is 2. The number of fused-ring (bicyclic) bond motifs is 5. The van der Waals surface area contributed by atoms with Crippen LogP contribution in [0.4, 0.5) is 0 Å². The van der Waals surface area contributed by atoms with Crippen molar-refractivity contribution in [1.29, 1.82) is 0 Å². The molecule has 6 fully saturated rings. The van der Waals surface area contributed by atoms with Gasteiger partial charge in [-0.25, -0.2) is 0 Å². The van der Waals surface area contributed by atoms with E-state index in [0.717, 1.165) is 80.6 Å². The zero-order valence-corrected chi connectivity index (χ0v) is 28.6. The number of hydrogen-bond acceptors (Lipinski definition) is 6. The standard InChI is InChI=1S/C35H62N4O4/c1-24(40)42-32-21-26-9-10-27-28(35(26,4)23-31(32)37-15-19-39(7,8)20-16-37)11-12-34(3)29(27)22-30(33(34)43-25(2)41)36-13-17-38(5,6)18-14-36/h26-33H,9-23H2,1-8H3/q+2/t26?,27?,28?,29?,30?,31?,32?,33?,34-,35-/m0/s1. The minimum absolute atomic E-state index is 0.00234. The van der Waals surface area contributed by atoms with E-state index in [4.69, 9.17) is 9.47 Å². The molecule has 0 N–H and O–H groups in total. The lowest BCUT2D eigenvalue weighted by Crippen LogP contribution is -2.64. The van der Waals surface area contributed by atoms with E-state index in [1.165, 1.54) is 25.7 Å². The predicted molar refractivity (Wildman–Crippen MR) is 168 cm³/mol. The Morgan fingerprint density at radius 3 is 1.81 bits per heavy atom. The van der Waals surface area contributed by atoms with E-state index in [1.807, 2.05) is 0 Å². The zero-order valence-electron chi connectivity index (χ0n) is 28.6. The minimum atomic E-state index is -0.123. The molecule has 8 heteroatoms. The number of piperazine rings is 2. The van der Waals surface area contributed by atoms with Crippen LogP contribution in [0.25, 0.3) is 0 Å². The van der Waals surface area contributed by atoms with Gasteiger partial charge in [-0.1, -0.05) is 13.8 Å². The van der Waals surface area contributed by atoms with E-state index < -0.39 is 0 Å². The van der Waals surface area contributed by atoms with E-state index in [9.17, 15) is 9.59 Å². The fourth-order valence-electron chi connectivity index (χ4n) is 11.4. The van der Waals surface area contributed by atoms with E-state index in [1.54, 1.807) is 13.8 Å². The van der Waals surface area contributed by atoms with Gasteiger partial charge in [0, 0.05) is 57.5 Å². The topological polar surface area (TPSA) is 59.1 Å². The second-order valence-corrected chi connectivity index (χ2v) is 17.5. The monoisotopic (exact) mass is 602 g/mol.